The van der Waals surface area contributed by atoms with E-state index in [0.29, 0.717) is 18.3 Å². The number of likely N-dealkylation sites (tertiary alicyclic amines) is 1. The predicted molar refractivity (Wildman–Crippen MR) is 140 cm³/mol. The molecule has 6 heteroatoms. The molecule has 3 aromatic rings. The van der Waals surface area contributed by atoms with Gasteiger partial charge in [0.25, 0.3) is 5.91 Å². The lowest BCUT2D eigenvalue weighted by Gasteiger charge is -2.32. The lowest BCUT2D eigenvalue weighted by atomic mass is 9.91. The van der Waals surface area contributed by atoms with Gasteiger partial charge in [0, 0.05) is 13.6 Å². The number of rotatable bonds is 10. The van der Waals surface area contributed by atoms with Crippen molar-refractivity contribution in [3.8, 4) is 5.75 Å². The van der Waals surface area contributed by atoms with Crippen molar-refractivity contribution in [3.63, 3.8) is 0 Å². The largest absolute Gasteiger partial charge is 0.484 e. The lowest BCUT2D eigenvalue weighted by molar-refractivity contribution is -0.146. The van der Waals surface area contributed by atoms with Gasteiger partial charge >= 0.3 is 5.97 Å². The number of hydrogen-bond donors (Lipinski definition) is 1. The third-order valence-corrected chi connectivity index (χ3v) is 6.63. The fourth-order valence-electron chi connectivity index (χ4n) is 4.55. The molecule has 0 aliphatic carbocycles. The second-order valence-corrected chi connectivity index (χ2v) is 9.21. The minimum atomic E-state index is -0.562. The Morgan fingerprint density at radius 1 is 0.917 bits per heavy atom. The third kappa shape index (κ3) is 7.18. The zero-order valence-electron chi connectivity index (χ0n) is 20.8. The van der Waals surface area contributed by atoms with Crippen LogP contribution in [0.25, 0.3) is 0 Å². The van der Waals surface area contributed by atoms with Crippen LogP contribution in [0.5, 0.6) is 5.75 Å². The number of amides is 1. The van der Waals surface area contributed by atoms with Crippen LogP contribution < -0.4 is 10.1 Å². The summed E-state index contributed by atoms with van der Waals surface area (Å²) in [5, 5.41) is 2.54. The molecule has 1 heterocycles. The molecule has 1 atom stereocenters. The second kappa shape index (κ2) is 12.9. The molecule has 6 nitrogen and oxygen atoms in total. The summed E-state index contributed by atoms with van der Waals surface area (Å²) >= 11 is 0. The quantitative estimate of drug-likeness (QED) is 0.430. The summed E-state index contributed by atoms with van der Waals surface area (Å²) in [6.07, 6.45) is 2.03. The molecule has 3 aromatic carbocycles. The molecule has 1 unspecified atom stereocenters. The van der Waals surface area contributed by atoms with Gasteiger partial charge in [0.05, 0.1) is 6.61 Å². The number of nitrogens with one attached hydrogen (secondary N) is 1. The van der Waals surface area contributed by atoms with Gasteiger partial charge in [-0.3, -0.25) is 14.5 Å². The summed E-state index contributed by atoms with van der Waals surface area (Å²) in [6.45, 7) is 3.31. The number of hydrogen-bond acceptors (Lipinski definition) is 5. The van der Waals surface area contributed by atoms with E-state index >= 15 is 0 Å². The molecule has 0 bridgehead atoms. The Balaban J connectivity index is 1.37. The van der Waals surface area contributed by atoms with Crippen molar-refractivity contribution < 1.29 is 19.1 Å². The first-order valence-corrected chi connectivity index (χ1v) is 12.5. The van der Waals surface area contributed by atoms with E-state index in [4.69, 9.17) is 9.47 Å². The fraction of sp³-hybridized carbons (Fsp3) is 0.333. The minimum absolute atomic E-state index is 0.0800. The number of benzene rings is 3. The van der Waals surface area contributed by atoms with Crippen LogP contribution >= 0.6 is 0 Å². The highest BCUT2D eigenvalue weighted by Gasteiger charge is 2.27. The summed E-state index contributed by atoms with van der Waals surface area (Å²) < 4.78 is 11.5. The highest BCUT2D eigenvalue weighted by molar-refractivity contribution is 5.82. The zero-order valence-corrected chi connectivity index (χ0v) is 20.8. The maximum absolute atomic E-state index is 13.4. The van der Waals surface area contributed by atoms with Gasteiger partial charge in [0.15, 0.2) is 6.61 Å². The first-order chi connectivity index (χ1) is 17.6. The normalized spacial score (nSPS) is 15.1. The molecule has 1 aliphatic rings. The van der Waals surface area contributed by atoms with E-state index in [2.05, 4.69) is 34.5 Å². The molecule has 1 fully saturated rings. The summed E-state index contributed by atoms with van der Waals surface area (Å²) in [4.78, 5) is 27.4. The smallest absolute Gasteiger partial charge is 0.317 e. The molecule has 1 N–H and O–H groups in total. The monoisotopic (exact) mass is 486 g/mol. The molecule has 0 saturated carbocycles. The Morgan fingerprint density at radius 3 is 2.28 bits per heavy atom. The molecule has 1 aliphatic heterocycles. The molecule has 0 radical (unpaired) electrons. The highest BCUT2D eigenvalue weighted by Crippen LogP contribution is 2.29. The van der Waals surface area contributed by atoms with E-state index in [1.807, 2.05) is 54.6 Å². The van der Waals surface area contributed by atoms with Crippen LogP contribution in [0.1, 0.15) is 35.4 Å². The molecule has 4 rings (SSSR count). The average Bonchev–Trinajstić information content (AvgIpc) is 2.93. The van der Waals surface area contributed by atoms with Crippen LogP contribution in [0.15, 0.2) is 84.9 Å². The Morgan fingerprint density at radius 2 is 1.58 bits per heavy atom. The molecular weight excluding hydrogens is 452 g/mol. The van der Waals surface area contributed by atoms with Crippen LogP contribution in [-0.4, -0.2) is 50.1 Å². The topological polar surface area (TPSA) is 67.9 Å². The second-order valence-electron chi connectivity index (χ2n) is 9.21. The van der Waals surface area contributed by atoms with Gasteiger partial charge in [-0.2, -0.15) is 0 Å². The number of ether oxygens (including phenoxy) is 2. The van der Waals surface area contributed by atoms with Crippen LogP contribution in [0.3, 0.4) is 0 Å². The number of carbonyl (C=O) groups is 2. The van der Waals surface area contributed by atoms with Crippen LogP contribution in [0.2, 0.25) is 0 Å². The minimum Gasteiger partial charge on any atom is -0.484 e. The van der Waals surface area contributed by atoms with E-state index in [9.17, 15) is 9.59 Å². The van der Waals surface area contributed by atoms with Crippen molar-refractivity contribution in [2.75, 3.05) is 33.4 Å². The van der Waals surface area contributed by atoms with Crippen molar-refractivity contribution in [3.05, 3.63) is 102 Å². The Kier molecular flexibility index (Phi) is 9.11. The number of carbonyl (C=O) groups excluding carboxylic acids is 2. The number of likely N-dealkylation sites (N-methyl/N-ethyl adjacent to an activating group) is 1. The average molecular weight is 487 g/mol. The van der Waals surface area contributed by atoms with Gasteiger partial charge < -0.3 is 14.8 Å². The maximum atomic E-state index is 13.4. The van der Waals surface area contributed by atoms with Crippen molar-refractivity contribution in [2.45, 2.75) is 25.3 Å². The standard InChI is InChI=1S/C30H34N2O4/c1-31-28(33)22-35-27-14-8-13-26(19-27)29(25-11-6-3-7-12-25)30(34)36-21-24-15-17-32(18-16-24)20-23-9-4-2-5-10-23/h2-14,19,24,29H,15-18,20-22H2,1H3,(H,31,33). The highest BCUT2D eigenvalue weighted by atomic mass is 16.5. The molecule has 188 valence electrons. The van der Waals surface area contributed by atoms with Crippen molar-refractivity contribution in [1.82, 2.24) is 10.2 Å². The Hall–Kier alpha value is -3.64. The van der Waals surface area contributed by atoms with Crippen molar-refractivity contribution >= 4 is 11.9 Å². The maximum Gasteiger partial charge on any atom is 0.317 e. The van der Waals surface area contributed by atoms with Gasteiger partial charge in [-0.05, 0) is 60.7 Å². The van der Waals surface area contributed by atoms with Gasteiger partial charge in [0.2, 0.25) is 0 Å². The van der Waals surface area contributed by atoms with Gasteiger partial charge in [-0.1, -0.05) is 72.8 Å². The van der Waals surface area contributed by atoms with Crippen LogP contribution in [0.4, 0.5) is 0 Å². The number of esters is 1. The Labute approximate surface area is 213 Å². The van der Waals surface area contributed by atoms with E-state index in [-0.39, 0.29) is 18.5 Å². The SMILES string of the molecule is CNC(=O)COc1cccc(C(C(=O)OCC2CCN(Cc3ccccc3)CC2)c2ccccc2)c1. The first-order valence-electron chi connectivity index (χ1n) is 12.5. The van der Waals surface area contributed by atoms with E-state index in [0.717, 1.165) is 43.6 Å². The van der Waals surface area contributed by atoms with Gasteiger partial charge in [-0.15, -0.1) is 0 Å². The summed E-state index contributed by atoms with van der Waals surface area (Å²) in [7, 11) is 1.57. The Bertz CT molecular complexity index is 1110. The van der Waals surface area contributed by atoms with E-state index < -0.39 is 5.92 Å². The fourth-order valence-corrected chi connectivity index (χ4v) is 4.55. The summed E-state index contributed by atoms with van der Waals surface area (Å²) in [5.74, 6) is -0.145. The van der Waals surface area contributed by atoms with Crippen LogP contribution in [-0.2, 0) is 20.9 Å². The third-order valence-electron chi connectivity index (χ3n) is 6.63. The van der Waals surface area contributed by atoms with Crippen LogP contribution in [0, 0.1) is 5.92 Å². The van der Waals surface area contributed by atoms with Crippen molar-refractivity contribution in [2.24, 2.45) is 5.92 Å². The molecule has 1 amide bonds. The van der Waals surface area contributed by atoms with Gasteiger partial charge in [0.1, 0.15) is 11.7 Å². The van der Waals surface area contributed by atoms with E-state index in [1.165, 1.54) is 5.56 Å². The molecule has 1 saturated heterocycles. The zero-order chi connectivity index (χ0) is 25.2. The van der Waals surface area contributed by atoms with E-state index in [1.54, 1.807) is 13.1 Å². The van der Waals surface area contributed by atoms with Crippen molar-refractivity contribution in [1.29, 1.82) is 0 Å². The molecule has 36 heavy (non-hydrogen) atoms. The summed E-state index contributed by atoms with van der Waals surface area (Å²) in [5.41, 5.74) is 2.97. The predicted octanol–water partition coefficient (Wildman–Crippen LogP) is 4.40. The number of piperidine rings is 1. The number of nitrogens with zero attached hydrogens (tertiary/aromatic N) is 1. The lowest BCUT2D eigenvalue weighted by Crippen LogP contribution is -2.35. The summed E-state index contributed by atoms with van der Waals surface area (Å²) in [6, 6.07) is 27.5. The molecule has 0 spiro atoms. The first kappa shape index (κ1) is 25.5. The molecular formula is C30H34N2O4. The molecule has 0 aromatic heterocycles. The van der Waals surface area contributed by atoms with Gasteiger partial charge in [-0.25, -0.2) is 0 Å².